The molecule has 0 unspecified atom stereocenters. The largest absolute Gasteiger partial charge is 0.511 e. The van der Waals surface area contributed by atoms with Crippen molar-refractivity contribution < 1.29 is 38.4 Å². The van der Waals surface area contributed by atoms with Crippen LogP contribution in [0.15, 0.2) is 67.0 Å². The predicted molar refractivity (Wildman–Crippen MR) is 169 cm³/mol. The van der Waals surface area contributed by atoms with Crippen LogP contribution in [0.5, 0.6) is 23.0 Å². The maximum absolute atomic E-state index is 13.9. The van der Waals surface area contributed by atoms with E-state index >= 15 is 0 Å². The highest BCUT2D eigenvalue weighted by molar-refractivity contribution is 6.01. The number of aryl methyl sites for hydroxylation is 1. The Balaban J connectivity index is 1.22. The molecular weight excluding hydrogens is 590 g/mol. The minimum Gasteiger partial charge on any atom is -0.493 e. The number of carbonyl (C=O) groups excluding carboxylic acids is 2. The number of benzene rings is 3. The Labute approximate surface area is 266 Å². The summed E-state index contributed by atoms with van der Waals surface area (Å²) in [5, 5.41) is 13.3. The maximum atomic E-state index is 13.9. The molecule has 1 N–H and O–H groups in total. The number of Topliss-reactive ketones (excluding diaryl/α,β-unsaturated/α-hetero) is 1. The van der Waals surface area contributed by atoms with Gasteiger partial charge >= 0.3 is 6.16 Å². The van der Waals surface area contributed by atoms with E-state index in [0.29, 0.717) is 78.6 Å². The van der Waals surface area contributed by atoms with Gasteiger partial charge in [0, 0.05) is 50.3 Å². The number of hydrogen-bond donors (Lipinski definition) is 1. The van der Waals surface area contributed by atoms with Gasteiger partial charge < -0.3 is 29.0 Å². The molecule has 0 bridgehead atoms. The average molecular weight is 626 g/mol. The number of carboxylic acid groups (broad SMARTS) is 1. The number of rotatable bonds is 8. The number of likely N-dealkylation sites (tertiary alicyclic amines) is 1. The molecule has 0 radical (unpaired) electrons. The Morgan fingerprint density at radius 3 is 2.30 bits per heavy atom. The third kappa shape index (κ3) is 6.13. The number of aromatic nitrogens is 2. The Kier molecular flexibility index (Phi) is 8.40. The zero-order valence-electron chi connectivity index (χ0n) is 25.9. The summed E-state index contributed by atoms with van der Waals surface area (Å²) in [6.45, 7) is 5.19. The second-order valence-corrected chi connectivity index (χ2v) is 11.4. The van der Waals surface area contributed by atoms with Crippen LogP contribution in [0.25, 0.3) is 22.3 Å². The molecule has 3 aromatic carbocycles. The van der Waals surface area contributed by atoms with Crippen molar-refractivity contribution in [1.82, 2.24) is 14.7 Å². The molecule has 2 aliphatic heterocycles. The lowest BCUT2D eigenvalue weighted by Crippen LogP contribution is -2.52. The van der Waals surface area contributed by atoms with Crippen LogP contribution in [-0.2, 0) is 7.05 Å². The van der Waals surface area contributed by atoms with Gasteiger partial charge in [0.15, 0.2) is 5.78 Å². The fourth-order valence-electron chi connectivity index (χ4n) is 6.18. The van der Waals surface area contributed by atoms with Gasteiger partial charge in [0.25, 0.3) is 5.91 Å². The third-order valence-electron chi connectivity index (χ3n) is 8.33. The van der Waals surface area contributed by atoms with E-state index in [1.54, 1.807) is 52.2 Å². The van der Waals surface area contributed by atoms with Crippen molar-refractivity contribution >= 4 is 17.8 Å². The van der Waals surface area contributed by atoms with Gasteiger partial charge in [-0.05, 0) is 61.4 Å². The standard InChI is InChI=1S/C35H35N3O8/c1-4-43-30-17-24(18-31(44-5-2)32(30)23-7-6-8-26(15-23)45-34(41)42)33(40)38-13-11-35(12-14-38)19-28(39)27-16-22(9-10-29(27)46-35)25-20-36-37(3)21-25/h6-10,15-18,20-21H,4-5,11-14,19H2,1-3H3,(H,41,42). The Morgan fingerprint density at radius 1 is 0.957 bits per heavy atom. The topological polar surface area (TPSA) is 129 Å². The van der Waals surface area contributed by atoms with Crippen LogP contribution in [0.1, 0.15) is 53.8 Å². The minimum atomic E-state index is -1.42. The summed E-state index contributed by atoms with van der Waals surface area (Å²) in [6.07, 6.45) is 3.53. The second-order valence-electron chi connectivity index (χ2n) is 11.4. The molecular formula is C35H35N3O8. The highest BCUT2D eigenvalue weighted by atomic mass is 16.7. The van der Waals surface area contributed by atoms with Crippen molar-refractivity contribution in [2.75, 3.05) is 26.3 Å². The maximum Gasteiger partial charge on any atom is 0.511 e. The molecule has 1 aromatic heterocycles. The van der Waals surface area contributed by atoms with Gasteiger partial charge in [-0.1, -0.05) is 18.2 Å². The lowest BCUT2D eigenvalue weighted by molar-refractivity contribution is -0.00573. The van der Waals surface area contributed by atoms with Gasteiger partial charge in [0.1, 0.15) is 28.6 Å². The molecule has 0 aliphatic carbocycles. The van der Waals surface area contributed by atoms with Gasteiger partial charge in [-0.25, -0.2) is 4.79 Å². The van der Waals surface area contributed by atoms with Crippen molar-refractivity contribution in [3.05, 3.63) is 78.1 Å². The van der Waals surface area contributed by atoms with Crippen LogP contribution in [0, 0.1) is 0 Å². The molecule has 4 aromatic rings. The zero-order valence-corrected chi connectivity index (χ0v) is 25.9. The summed E-state index contributed by atoms with van der Waals surface area (Å²) in [5.41, 5.74) is 3.35. The molecule has 2 aliphatic rings. The van der Waals surface area contributed by atoms with E-state index < -0.39 is 11.8 Å². The van der Waals surface area contributed by atoms with Gasteiger partial charge in [-0.15, -0.1) is 0 Å². The molecule has 11 nitrogen and oxygen atoms in total. The van der Waals surface area contributed by atoms with Crippen molar-refractivity contribution in [3.8, 4) is 45.3 Å². The number of ether oxygens (including phenoxy) is 4. The van der Waals surface area contributed by atoms with Gasteiger partial charge in [-0.3, -0.25) is 14.3 Å². The smallest absolute Gasteiger partial charge is 0.493 e. The normalized spacial score (nSPS) is 15.2. The van der Waals surface area contributed by atoms with Crippen molar-refractivity contribution in [1.29, 1.82) is 0 Å². The predicted octanol–water partition coefficient (Wildman–Crippen LogP) is 6.25. The van der Waals surface area contributed by atoms with Crippen LogP contribution in [0.2, 0.25) is 0 Å². The summed E-state index contributed by atoms with van der Waals surface area (Å²) < 4.78 is 25.0. The summed E-state index contributed by atoms with van der Waals surface area (Å²) in [4.78, 5) is 40.1. The number of nitrogens with zero attached hydrogens (tertiary/aromatic N) is 3. The molecule has 1 spiro atoms. The Morgan fingerprint density at radius 2 is 1.67 bits per heavy atom. The SMILES string of the molecule is CCOc1cc(C(=O)N2CCC3(CC2)CC(=O)c2cc(-c4cnn(C)c4)ccc2O3)cc(OCC)c1-c1cccc(OC(=O)O)c1. The van der Waals surface area contributed by atoms with Gasteiger partial charge in [0.05, 0.1) is 37.0 Å². The summed E-state index contributed by atoms with van der Waals surface area (Å²) in [5.74, 6) is 1.43. The molecule has 238 valence electrons. The highest BCUT2D eigenvalue weighted by Gasteiger charge is 2.44. The van der Waals surface area contributed by atoms with E-state index in [1.165, 1.54) is 0 Å². The summed E-state index contributed by atoms with van der Waals surface area (Å²) in [7, 11) is 1.85. The quantitative estimate of drug-likeness (QED) is 0.178. The lowest BCUT2D eigenvalue weighted by Gasteiger charge is -2.44. The van der Waals surface area contributed by atoms with E-state index in [1.807, 2.05) is 45.3 Å². The molecule has 0 atom stereocenters. The first-order valence-electron chi connectivity index (χ1n) is 15.3. The van der Waals surface area contributed by atoms with Crippen LogP contribution in [0.4, 0.5) is 4.79 Å². The van der Waals surface area contributed by atoms with E-state index in [-0.39, 0.29) is 23.9 Å². The number of ketones is 1. The Bertz CT molecular complexity index is 1780. The molecule has 46 heavy (non-hydrogen) atoms. The summed E-state index contributed by atoms with van der Waals surface area (Å²) in [6, 6.07) is 15.6. The van der Waals surface area contributed by atoms with Crippen LogP contribution >= 0.6 is 0 Å². The van der Waals surface area contributed by atoms with Crippen molar-refractivity contribution in [2.24, 2.45) is 7.05 Å². The number of fused-ring (bicyclic) bond motifs is 1. The first kappa shape index (κ1) is 30.7. The lowest BCUT2D eigenvalue weighted by atomic mass is 9.82. The van der Waals surface area contributed by atoms with E-state index in [2.05, 4.69) is 5.10 Å². The van der Waals surface area contributed by atoms with E-state index in [0.717, 1.165) is 11.1 Å². The van der Waals surface area contributed by atoms with Crippen molar-refractivity contribution in [2.45, 2.75) is 38.7 Å². The minimum absolute atomic E-state index is 0.0305. The average Bonchev–Trinajstić information content (AvgIpc) is 3.47. The third-order valence-corrected chi connectivity index (χ3v) is 8.33. The zero-order chi connectivity index (χ0) is 32.4. The fourth-order valence-corrected chi connectivity index (χ4v) is 6.18. The molecule has 11 heteroatoms. The fraction of sp³-hybridized carbons (Fsp3) is 0.314. The molecule has 1 saturated heterocycles. The Hall–Kier alpha value is -5.32. The number of carbonyl (C=O) groups is 3. The number of amides is 1. The molecule has 3 heterocycles. The highest BCUT2D eigenvalue weighted by Crippen LogP contribution is 2.43. The van der Waals surface area contributed by atoms with Gasteiger partial charge in [-0.2, -0.15) is 5.10 Å². The first-order chi connectivity index (χ1) is 22.2. The first-order valence-corrected chi connectivity index (χ1v) is 15.3. The number of piperidine rings is 1. The molecule has 1 amide bonds. The second kappa shape index (κ2) is 12.6. The van der Waals surface area contributed by atoms with Crippen LogP contribution in [0.3, 0.4) is 0 Å². The summed E-state index contributed by atoms with van der Waals surface area (Å²) >= 11 is 0. The van der Waals surface area contributed by atoms with E-state index in [4.69, 9.17) is 24.1 Å². The van der Waals surface area contributed by atoms with Crippen molar-refractivity contribution in [3.63, 3.8) is 0 Å². The number of hydrogen-bond acceptors (Lipinski definition) is 8. The molecule has 0 saturated carbocycles. The van der Waals surface area contributed by atoms with Crippen LogP contribution < -0.4 is 18.9 Å². The monoisotopic (exact) mass is 625 g/mol. The van der Waals surface area contributed by atoms with Gasteiger partial charge in [0.2, 0.25) is 0 Å². The van der Waals surface area contributed by atoms with E-state index in [9.17, 15) is 14.4 Å². The molecule has 6 rings (SSSR count). The van der Waals surface area contributed by atoms with Crippen LogP contribution in [-0.4, -0.2) is 69.5 Å². The molecule has 1 fully saturated rings.